The summed E-state index contributed by atoms with van der Waals surface area (Å²) in [5.74, 6) is 0.156. The van der Waals surface area contributed by atoms with Crippen LogP contribution in [0.5, 0.6) is 5.75 Å². The summed E-state index contributed by atoms with van der Waals surface area (Å²) in [6.07, 6.45) is 1.64. The van der Waals surface area contributed by atoms with Crippen molar-refractivity contribution in [2.45, 2.75) is 30.7 Å². The van der Waals surface area contributed by atoms with Crippen LogP contribution in [0.2, 0.25) is 0 Å². The molecule has 8 heteroatoms. The lowest BCUT2D eigenvalue weighted by Gasteiger charge is -2.12. The number of nitrogens with one attached hydrogen (secondary N) is 2. The zero-order valence-corrected chi connectivity index (χ0v) is 14.8. The van der Waals surface area contributed by atoms with Crippen LogP contribution < -0.4 is 14.8 Å². The van der Waals surface area contributed by atoms with Gasteiger partial charge in [0.15, 0.2) is 0 Å². The maximum atomic E-state index is 12.5. The average molecular weight is 361 g/mol. The number of pyridine rings is 1. The summed E-state index contributed by atoms with van der Waals surface area (Å²) >= 11 is 0. The molecular weight excluding hydrogens is 342 g/mol. The van der Waals surface area contributed by atoms with E-state index in [4.69, 9.17) is 4.74 Å². The third kappa shape index (κ3) is 4.15. The Hall–Kier alpha value is -2.45. The monoisotopic (exact) mass is 361 g/mol. The summed E-state index contributed by atoms with van der Waals surface area (Å²) in [7, 11) is -2.36. The number of hydrogen-bond acceptors (Lipinski definition) is 5. The normalized spacial score (nSPS) is 14.2. The van der Waals surface area contributed by atoms with Crippen molar-refractivity contribution in [1.29, 1.82) is 0 Å². The molecule has 1 aromatic heterocycles. The van der Waals surface area contributed by atoms with Gasteiger partial charge in [0, 0.05) is 17.3 Å². The van der Waals surface area contributed by atoms with E-state index in [0.717, 1.165) is 18.5 Å². The number of aromatic nitrogens is 1. The number of amides is 1. The Morgan fingerprint density at radius 3 is 2.64 bits per heavy atom. The highest BCUT2D eigenvalue weighted by molar-refractivity contribution is 7.89. The largest absolute Gasteiger partial charge is 0.495 e. The molecule has 2 aromatic rings. The maximum absolute atomic E-state index is 12.5. The quantitative estimate of drug-likeness (QED) is 0.821. The van der Waals surface area contributed by atoms with E-state index >= 15 is 0 Å². The summed E-state index contributed by atoms with van der Waals surface area (Å²) in [5, 5.41) is 2.66. The summed E-state index contributed by atoms with van der Waals surface area (Å²) in [4.78, 5) is 16.6. The van der Waals surface area contributed by atoms with Crippen LogP contribution in [0.15, 0.2) is 41.3 Å². The fraction of sp³-hybridized carbons (Fsp3) is 0.294. The zero-order valence-electron chi connectivity index (χ0n) is 13.9. The molecule has 25 heavy (non-hydrogen) atoms. The molecule has 3 rings (SSSR count). The third-order valence-corrected chi connectivity index (χ3v) is 5.29. The van der Waals surface area contributed by atoms with Gasteiger partial charge in [-0.1, -0.05) is 6.07 Å². The van der Waals surface area contributed by atoms with E-state index < -0.39 is 15.9 Å². The number of sulfonamides is 1. The van der Waals surface area contributed by atoms with E-state index in [1.807, 2.05) is 13.0 Å². The number of rotatable bonds is 6. The first-order valence-corrected chi connectivity index (χ1v) is 9.33. The van der Waals surface area contributed by atoms with Crippen LogP contribution in [-0.2, 0) is 10.0 Å². The van der Waals surface area contributed by atoms with Crippen LogP contribution in [0.25, 0.3) is 0 Å². The molecular formula is C17H19N3O4S. The SMILES string of the molecule is COc1ccc(C(=O)Nc2cccc(C)n2)cc1S(=O)(=O)NC1CC1. The lowest BCUT2D eigenvalue weighted by Crippen LogP contribution is -2.26. The smallest absolute Gasteiger partial charge is 0.256 e. The number of ether oxygens (including phenoxy) is 1. The van der Waals surface area contributed by atoms with Gasteiger partial charge >= 0.3 is 0 Å². The fourth-order valence-electron chi connectivity index (χ4n) is 2.31. The van der Waals surface area contributed by atoms with Crippen LogP contribution in [0.1, 0.15) is 28.9 Å². The Labute approximate surface area is 146 Å². The zero-order chi connectivity index (χ0) is 18.0. The van der Waals surface area contributed by atoms with Gasteiger partial charge in [0.05, 0.1) is 7.11 Å². The number of carbonyl (C=O) groups excluding carboxylic acids is 1. The second-order valence-corrected chi connectivity index (χ2v) is 7.56. The molecule has 1 heterocycles. The van der Waals surface area contributed by atoms with Crippen molar-refractivity contribution in [3.63, 3.8) is 0 Å². The molecule has 1 fully saturated rings. The second kappa shape index (κ2) is 6.81. The molecule has 0 radical (unpaired) electrons. The molecule has 1 aliphatic rings. The molecule has 0 aliphatic heterocycles. The second-order valence-electron chi connectivity index (χ2n) is 5.88. The van der Waals surface area contributed by atoms with E-state index in [2.05, 4.69) is 15.0 Å². The predicted octanol–water partition coefficient (Wildman–Crippen LogP) is 2.09. The Kier molecular flexibility index (Phi) is 4.73. The minimum atomic E-state index is -3.75. The summed E-state index contributed by atoms with van der Waals surface area (Å²) in [6, 6.07) is 9.53. The van der Waals surface area contributed by atoms with Crippen molar-refractivity contribution in [3.8, 4) is 5.75 Å². The number of carbonyl (C=O) groups is 1. The highest BCUT2D eigenvalue weighted by Crippen LogP contribution is 2.28. The van der Waals surface area contributed by atoms with Crippen molar-refractivity contribution in [1.82, 2.24) is 9.71 Å². The van der Waals surface area contributed by atoms with Gasteiger partial charge in [0.25, 0.3) is 5.91 Å². The molecule has 1 aromatic carbocycles. The first kappa shape index (κ1) is 17.4. The summed E-state index contributed by atoms with van der Waals surface area (Å²) in [6.45, 7) is 1.82. The van der Waals surface area contributed by atoms with Crippen LogP contribution >= 0.6 is 0 Å². The average Bonchev–Trinajstić information content (AvgIpc) is 3.37. The van der Waals surface area contributed by atoms with Crippen molar-refractivity contribution in [2.24, 2.45) is 0 Å². The molecule has 132 valence electrons. The van der Waals surface area contributed by atoms with E-state index in [1.54, 1.807) is 12.1 Å². The van der Waals surface area contributed by atoms with Crippen molar-refractivity contribution >= 4 is 21.7 Å². The topological polar surface area (TPSA) is 97.4 Å². The molecule has 0 saturated heterocycles. The van der Waals surface area contributed by atoms with Gasteiger partial charge < -0.3 is 10.1 Å². The molecule has 0 atom stereocenters. The van der Waals surface area contributed by atoms with Crippen LogP contribution in [0.3, 0.4) is 0 Å². The Morgan fingerprint density at radius 2 is 2.00 bits per heavy atom. The molecule has 2 N–H and O–H groups in total. The summed E-state index contributed by atoms with van der Waals surface area (Å²) < 4.78 is 32.7. The van der Waals surface area contributed by atoms with Crippen molar-refractivity contribution in [2.75, 3.05) is 12.4 Å². The van der Waals surface area contributed by atoms with Crippen LogP contribution in [0, 0.1) is 6.92 Å². The Morgan fingerprint density at radius 1 is 1.24 bits per heavy atom. The standard InChI is InChI=1S/C17H19N3O4S/c1-11-4-3-5-16(18-11)19-17(21)12-6-9-14(24-2)15(10-12)25(22,23)20-13-7-8-13/h3-6,9-10,13,20H,7-8H2,1-2H3,(H,18,19,21). The minimum Gasteiger partial charge on any atom is -0.495 e. The number of methoxy groups -OCH3 is 1. The fourth-order valence-corrected chi connectivity index (χ4v) is 3.81. The molecule has 0 spiro atoms. The van der Waals surface area contributed by atoms with E-state index in [0.29, 0.717) is 5.82 Å². The number of anilines is 1. The molecule has 0 unspecified atom stereocenters. The lowest BCUT2D eigenvalue weighted by molar-refractivity contribution is 0.102. The van der Waals surface area contributed by atoms with Gasteiger partial charge in [0.2, 0.25) is 10.0 Å². The highest BCUT2D eigenvalue weighted by atomic mass is 32.2. The number of aryl methyl sites for hydroxylation is 1. The van der Waals surface area contributed by atoms with E-state index in [9.17, 15) is 13.2 Å². The molecule has 1 saturated carbocycles. The van der Waals surface area contributed by atoms with Crippen LogP contribution in [-0.4, -0.2) is 32.5 Å². The van der Waals surface area contributed by atoms with Crippen molar-refractivity contribution in [3.05, 3.63) is 47.7 Å². The van der Waals surface area contributed by atoms with E-state index in [-0.39, 0.29) is 22.3 Å². The predicted molar refractivity (Wildman–Crippen MR) is 93.3 cm³/mol. The summed E-state index contributed by atoms with van der Waals surface area (Å²) in [5.41, 5.74) is 0.977. The van der Waals surface area contributed by atoms with Gasteiger partial charge in [-0.25, -0.2) is 18.1 Å². The van der Waals surface area contributed by atoms with Gasteiger partial charge in [-0.3, -0.25) is 4.79 Å². The maximum Gasteiger partial charge on any atom is 0.256 e. The first-order chi connectivity index (χ1) is 11.9. The first-order valence-electron chi connectivity index (χ1n) is 7.84. The van der Waals surface area contributed by atoms with Crippen molar-refractivity contribution < 1.29 is 17.9 Å². The third-order valence-electron chi connectivity index (χ3n) is 3.74. The molecule has 0 bridgehead atoms. The highest BCUT2D eigenvalue weighted by Gasteiger charge is 2.30. The minimum absolute atomic E-state index is 0.0383. The molecule has 1 amide bonds. The molecule has 1 aliphatic carbocycles. The number of hydrogen-bond donors (Lipinski definition) is 2. The number of nitrogens with zero attached hydrogens (tertiary/aromatic N) is 1. The Balaban J connectivity index is 1.89. The van der Waals surface area contributed by atoms with Gasteiger partial charge in [-0.2, -0.15) is 0 Å². The van der Waals surface area contributed by atoms with Gasteiger partial charge in [-0.15, -0.1) is 0 Å². The van der Waals surface area contributed by atoms with Crippen LogP contribution in [0.4, 0.5) is 5.82 Å². The Bertz CT molecular complexity index is 908. The molecule has 7 nitrogen and oxygen atoms in total. The number of benzene rings is 1. The van der Waals surface area contributed by atoms with E-state index in [1.165, 1.54) is 25.3 Å². The van der Waals surface area contributed by atoms with Gasteiger partial charge in [-0.05, 0) is 50.1 Å². The lowest BCUT2D eigenvalue weighted by atomic mass is 10.2. The van der Waals surface area contributed by atoms with Gasteiger partial charge in [0.1, 0.15) is 16.5 Å².